The van der Waals surface area contributed by atoms with E-state index in [4.69, 9.17) is 24.1 Å². The molecule has 2 aromatic rings. The molecular formula is C26H32N2O10. The minimum Gasteiger partial charge on any atom is -0.545 e. The third-order valence-electron chi connectivity index (χ3n) is 5.25. The van der Waals surface area contributed by atoms with E-state index in [9.17, 15) is 24.6 Å². The number of benzene rings is 2. The number of hydrogen-bond acceptors (Lipinski definition) is 9. The maximum atomic E-state index is 11.7. The number of amides is 1. The quantitative estimate of drug-likeness (QED) is 0.315. The Hall–Kier alpha value is -4.29. The normalized spacial score (nSPS) is 12.9. The highest BCUT2D eigenvalue weighted by atomic mass is 16.5. The minimum atomic E-state index is -1.51. The molecule has 0 aromatic heterocycles. The lowest BCUT2D eigenvalue weighted by molar-refractivity contribution is -0.676. The second kappa shape index (κ2) is 15.1. The van der Waals surface area contributed by atoms with Gasteiger partial charge < -0.3 is 49.3 Å². The van der Waals surface area contributed by atoms with Crippen LogP contribution in [0.25, 0.3) is 0 Å². The Balaban J connectivity index is 0.000000550. The first-order valence-electron chi connectivity index (χ1n) is 11.6. The number of ether oxygens (including phenoxy) is 4. The summed E-state index contributed by atoms with van der Waals surface area (Å²) in [5.74, 6) is -0.239. The van der Waals surface area contributed by atoms with Gasteiger partial charge in [-0.1, -0.05) is 0 Å². The Bertz CT molecular complexity index is 1120. The number of aliphatic hydroxyl groups is 1. The van der Waals surface area contributed by atoms with E-state index < -0.39 is 18.0 Å². The number of aliphatic hydroxyl groups excluding tert-OH is 1. The third-order valence-corrected chi connectivity index (χ3v) is 5.25. The lowest BCUT2D eigenvalue weighted by atomic mass is 10.2. The van der Waals surface area contributed by atoms with Crippen molar-refractivity contribution >= 4 is 23.5 Å². The molecule has 1 unspecified atom stereocenters. The molecule has 0 saturated carbocycles. The number of carboxylic acid groups (broad SMARTS) is 2. The number of carboxylic acids is 2. The van der Waals surface area contributed by atoms with Crippen molar-refractivity contribution < 1.29 is 54.0 Å². The summed E-state index contributed by atoms with van der Waals surface area (Å²) < 4.78 is 21.9. The molecular weight excluding hydrogens is 500 g/mol. The zero-order chi connectivity index (χ0) is 28.1. The fourth-order valence-corrected chi connectivity index (χ4v) is 3.47. The maximum Gasteiger partial charge on any atom is 0.328 e. The summed E-state index contributed by atoms with van der Waals surface area (Å²) in [6.45, 7) is 3.88. The summed E-state index contributed by atoms with van der Waals surface area (Å²) >= 11 is 0. The van der Waals surface area contributed by atoms with Gasteiger partial charge >= 0.3 is 5.97 Å². The van der Waals surface area contributed by atoms with Gasteiger partial charge in [0, 0.05) is 24.6 Å². The standard InChI is InChI=1S/C22H28N2O6.C4H4O4/c1-15(25)24-8-9-29-21-11-18(5-6-19(21)24)30-14-17(26)13-23-12-16-4-7-20(27-2)22(10-16)28-3;5-3(6)1-2-4(7)8/h4-7,10-11,17,23,26H,8-9,12-14H2,1-3H3;1-2H,(H,5,6)(H,7,8)/b;2-1-. The third kappa shape index (κ3) is 9.64. The van der Waals surface area contributed by atoms with E-state index in [-0.39, 0.29) is 12.5 Å². The molecule has 4 N–H and O–H groups in total. The van der Waals surface area contributed by atoms with Crippen molar-refractivity contribution in [3.8, 4) is 23.0 Å². The highest BCUT2D eigenvalue weighted by Gasteiger charge is 2.21. The Kier molecular flexibility index (Phi) is 11.9. The molecule has 38 heavy (non-hydrogen) atoms. The zero-order valence-corrected chi connectivity index (χ0v) is 21.4. The van der Waals surface area contributed by atoms with Crippen molar-refractivity contribution in [3.63, 3.8) is 0 Å². The van der Waals surface area contributed by atoms with Gasteiger partial charge in [0.1, 0.15) is 43.9 Å². The molecule has 1 amide bonds. The number of quaternary nitrogens is 1. The first-order chi connectivity index (χ1) is 18.1. The number of carbonyl (C=O) groups excluding carboxylic acids is 2. The minimum absolute atomic E-state index is 0.0198. The van der Waals surface area contributed by atoms with Crippen LogP contribution in [-0.4, -0.2) is 74.7 Å². The van der Waals surface area contributed by atoms with Crippen molar-refractivity contribution in [1.29, 1.82) is 0 Å². The van der Waals surface area contributed by atoms with Gasteiger partial charge in [0.15, 0.2) is 11.5 Å². The summed E-state index contributed by atoms with van der Waals surface area (Å²) in [5.41, 5.74) is 1.81. The van der Waals surface area contributed by atoms with E-state index in [2.05, 4.69) is 0 Å². The Morgan fingerprint density at radius 3 is 2.47 bits per heavy atom. The average molecular weight is 533 g/mol. The molecule has 12 heteroatoms. The maximum absolute atomic E-state index is 11.7. The lowest BCUT2D eigenvalue weighted by Crippen LogP contribution is -2.85. The summed E-state index contributed by atoms with van der Waals surface area (Å²) in [4.78, 5) is 32.4. The van der Waals surface area contributed by atoms with Crippen molar-refractivity contribution in [2.75, 3.05) is 45.4 Å². The fourth-order valence-electron chi connectivity index (χ4n) is 3.47. The van der Waals surface area contributed by atoms with Crippen LogP contribution < -0.4 is 34.3 Å². The molecule has 2 aromatic carbocycles. The smallest absolute Gasteiger partial charge is 0.328 e. The van der Waals surface area contributed by atoms with Gasteiger partial charge in [0.25, 0.3) is 0 Å². The van der Waals surface area contributed by atoms with Crippen LogP contribution in [0.5, 0.6) is 23.0 Å². The summed E-state index contributed by atoms with van der Waals surface area (Å²) in [6.07, 6.45) is 0.313. The van der Waals surface area contributed by atoms with E-state index in [1.165, 1.54) is 6.92 Å². The molecule has 3 rings (SSSR count). The highest BCUT2D eigenvalue weighted by molar-refractivity contribution is 5.93. The first kappa shape index (κ1) is 29.9. The summed E-state index contributed by atoms with van der Waals surface area (Å²) in [6, 6.07) is 11.1. The van der Waals surface area contributed by atoms with Gasteiger partial charge in [-0.2, -0.15) is 0 Å². The number of methoxy groups -OCH3 is 2. The van der Waals surface area contributed by atoms with Crippen molar-refractivity contribution in [2.45, 2.75) is 19.6 Å². The second-order valence-electron chi connectivity index (χ2n) is 8.02. The number of rotatable bonds is 11. The summed E-state index contributed by atoms with van der Waals surface area (Å²) in [7, 11) is 3.21. The molecule has 12 nitrogen and oxygen atoms in total. The Morgan fingerprint density at radius 2 is 1.87 bits per heavy atom. The largest absolute Gasteiger partial charge is 0.545 e. The number of hydrogen-bond donors (Lipinski definition) is 3. The highest BCUT2D eigenvalue weighted by Crippen LogP contribution is 2.35. The lowest BCUT2D eigenvalue weighted by Gasteiger charge is -2.28. The van der Waals surface area contributed by atoms with Crippen LogP contribution in [0.3, 0.4) is 0 Å². The topological polar surface area (TPSA) is 172 Å². The van der Waals surface area contributed by atoms with Gasteiger partial charge in [-0.3, -0.25) is 4.79 Å². The van der Waals surface area contributed by atoms with Crippen LogP contribution >= 0.6 is 0 Å². The number of anilines is 1. The number of aliphatic carboxylic acids is 2. The van der Waals surface area contributed by atoms with Crippen molar-refractivity contribution in [1.82, 2.24) is 0 Å². The van der Waals surface area contributed by atoms with Gasteiger partial charge in [-0.05, 0) is 36.4 Å². The van der Waals surface area contributed by atoms with E-state index >= 15 is 0 Å². The van der Waals surface area contributed by atoms with E-state index in [0.29, 0.717) is 61.4 Å². The number of nitrogens with zero attached hydrogens (tertiary/aromatic N) is 1. The van der Waals surface area contributed by atoms with Gasteiger partial charge in [0.05, 0.1) is 32.4 Å². The first-order valence-corrected chi connectivity index (χ1v) is 11.6. The molecule has 0 aliphatic carbocycles. The van der Waals surface area contributed by atoms with Crippen molar-refractivity contribution in [3.05, 3.63) is 54.1 Å². The SMILES string of the molecule is COc1ccc(C[NH2+]CC(O)COc2ccc3c(c2)OCCN3C(C)=O)cc1OC.O=C([O-])/C=C\C(=O)O. The summed E-state index contributed by atoms with van der Waals surface area (Å²) in [5, 5.41) is 29.5. The van der Waals surface area contributed by atoms with Gasteiger partial charge in [-0.15, -0.1) is 0 Å². The van der Waals surface area contributed by atoms with Crippen LogP contribution in [0, 0.1) is 0 Å². The number of fused-ring (bicyclic) bond motifs is 1. The number of carbonyl (C=O) groups is 3. The molecule has 206 valence electrons. The van der Waals surface area contributed by atoms with Gasteiger partial charge in [0.2, 0.25) is 5.91 Å². The molecule has 1 aliphatic heterocycles. The van der Waals surface area contributed by atoms with Crippen LogP contribution in [0.1, 0.15) is 12.5 Å². The predicted octanol–water partition coefficient (Wildman–Crippen LogP) is -0.670. The number of nitrogens with two attached hydrogens (primary N) is 1. The van der Waals surface area contributed by atoms with Crippen LogP contribution in [0.15, 0.2) is 48.6 Å². The average Bonchev–Trinajstić information content (AvgIpc) is 2.90. The molecule has 0 bridgehead atoms. The fraction of sp³-hybridized carbons (Fsp3) is 0.346. The molecule has 0 saturated heterocycles. The Labute approximate surface area is 220 Å². The predicted molar refractivity (Wildman–Crippen MR) is 133 cm³/mol. The van der Waals surface area contributed by atoms with Crippen molar-refractivity contribution in [2.24, 2.45) is 0 Å². The van der Waals surface area contributed by atoms with E-state index in [1.54, 1.807) is 37.3 Å². The van der Waals surface area contributed by atoms with E-state index in [1.807, 2.05) is 23.5 Å². The zero-order valence-electron chi connectivity index (χ0n) is 21.4. The molecule has 0 radical (unpaired) electrons. The van der Waals surface area contributed by atoms with Crippen LogP contribution in [-0.2, 0) is 20.9 Å². The molecule has 0 fully saturated rings. The Morgan fingerprint density at radius 1 is 1.13 bits per heavy atom. The van der Waals surface area contributed by atoms with Crippen LogP contribution in [0.4, 0.5) is 5.69 Å². The van der Waals surface area contributed by atoms with Gasteiger partial charge in [-0.25, -0.2) is 4.79 Å². The molecule has 1 atom stereocenters. The van der Waals surface area contributed by atoms with Crippen LogP contribution in [0.2, 0.25) is 0 Å². The monoisotopic (exact) mass is 532 g/mol. The second-order valence-corrected chi connectivity index (χ2v) is 8.02. The molecule has 1 aliphatic rings. The van der Waals surface area contributed by atoms with E-state index in [0.717, 1.165) is 11.3 Å². The molecule has 1 heterocycles. The molecule has 0 spiro atoms.